The first-order chi connectivity index (χ1) is 8.41. The number of hydrogen-bond donors (Lipinski definition) is 0. The Morgan fingerprint density at radius 2 is 2.06 bits per heavy atom. The van der Waals surface area contributed by atoms with Crippen molar-refractivity contribution in [3.8, 4) is 6.07 Å². The first-order valence-corrected chi connectivity index (χ1v) is 5.14. The van der Waals surface area contributed by atoms with Gasteiger partial charge >= 0.3 is 12.1 Å². The highest BCUT2D eigenvalue weighted by molar-refractivity contribution is 5.81. The van der Waals surface area contributed by atoms with Gasteiger partial charge in [0.15, 0.2) is 5.92 Å². The van der Waals surface area contributed by atoms with Gasteiger partial charge in [0.25, 0.3) is 0 Å². The largest absolute Gasteiger partial charge is 0.465 e. The van der Waals surface area contributed by atoms with Crippen molar-refractivity contribution in [1.82, 2.24) is 0 Å². The van der Waals surface area contributed by atoms with Crippen LogP contribution in [0.5, 0.6) is 0 Å². The number of nitriles is 1. The molecule has 3 nitrogen and oxygen atoms in total. The number of hydrogen-bond acceptors (Lipinski definition) is 3. The average molecular weight is 257 g/mol. The van der Waals surface area contributed by atoms with Gasteiger partial charge in [-0.05, 0) is 18.6 Å². The number of nitrogens with zero attached hydrogens (tertiary/aromatic N) is 1. The predicted molar refractivity (Wildman–Crippen MR) is 56.4 cm³/mol. The standard InChI is InChI=1S/C12H10F3NO2/c1-2-18-11(17)9(7-16)8-5-3-4-6-10(8)12(13,14)15/h3-6,9H,2H2,1H3. The van der Waals surface area contributed by atoms with E-state index >= 15 is 0 Å². The number of esters is 1. The molecular formula is C12H10F3NO2. The molecule has 6 heteroatoms. The number of benzene rings is 1. The molecule has 0 aliphatic rings. The van der Waals surface area contributed by atoms with Crippen LogP contribution in [0.2, 0.25) is 0 Å². The fraction of sp³-hybridized carbons (Fsp3) is 0.333. The molecule has 0 amide bonds. The number of carbonyl (C=O) groups excluding carboxylic acids is 1. The molecule has 1 atom stereocenters. The van der Waals surface area contributed by atoms with Gasteiger partial charge < -0.3 is 4.74 Å². The van der Waals surface area contributed by atoms with E-state index in [4.69, 9.17) is 5.26 Å². The van der Waals surface area contributed by atoms with E-state index in [1.165, 1.54) is 19.1 Å². The molecule has 1 rings (SSSR count). The monoisotopic (exact) mass is 257 g/mol. The second kappa shape index (κ2) is 5.54. The second-order valence-electron chi connectivity index (χ2n) is 3.40. The van der Waals surface area contributed by atoms with Gasteiger partial charge in [-0.2, -0.15) is 18.4 Å². The lowest BCUT2D eigenvalue weighted by Crippen LogP contribution is -2.19. The molecule has 0 saturated carbocycles. The third-order valence-electron chi connectivity index (χ3n) is 2.23. The lowest BCUT2D eigenvalue weighted by molar-refractivity contribution is -0.144. The Balaban J connectivity index is 3.23. The van der Waals surface area contributed by atoms with Crippen molar-refractivity contribution in [2.24, 2.45) is 0 Å². The Morgan fingerprint density at radius 3 is 2.56 bits per heavy atom. The van der Waals surface area contributed by atoms with E-state index in [9.17, 15) is 18.0 Å². The second-order valence-corrected chi connectivity index (χ2v) is 3.40. The highest BCUT2D eigenvalue weighted by Crippen LogP contribution is 2.35. The molecule has 0 aliphatic carbocycles. The zero-order valence-corrected chi connectivity index (χ0v) is 9.49. The minimum absolute atomic E-state index is 0.00516. The maximum atomic E-state index is 12.7. The molecule has 1 aromatic carbocycles. The summed E-state index contributed by atoms with van der Waals surface area (Å²) < 4.78 is 42.8. The van der Waals surface area contributed by atoms with E-state index in [0.717, 1.165) is 12.1 Å². The van der Waals surface area contributed by atoms with Crippen molar-refractivity contribution < 1.29 is 22.7 Å². The van der Waals surface area contributed by atoms with E-state index in [1.807, 2.05) is 0 Å². The van der Waals surface area contributed by atoms with Crippen LogP contribution in [0.4, 0.5) is 13.2 Å². The van der Waals surface area contributed by atoms with Crippen LogP contribution in [0.15, 0.2) is 24.3 Å². The highest BCUT2D eigenvalue weighted by Gasteiger charge is 2.37. The Labute approximate surface area is 102 Å². The number of rotatable bonds is 3. The fourth-order valence-corrected chi connectivity index (χ4v) is 1.48. The van der Waals surface area contributed by atoms with Gasteiger partial charge in [0.05, 0.1) is 18.2 Å². The zero-order chi connectivity index (χ0) is 13.8. The Hall–Kier alpha value is -2.03. The summed E-state index contributed by atoms with van der Waals surface area (Å²) in [7, 11) is 0. The van der Waals surface area contributed by atoms with Gasteiger partial charge in [0.1, 0.15) is 0 Å². The highest BCUT2D eigenvalue weighted by atomic mass is 19.4. The van der Waals surface area contributed by atoms with Crippen molar-refractivity contribution in [1.29, 1.82) is 5.26 Å². The first kappa shape index (κ1) is 14.0. The van der Waals surface area contributed by atoms with E-state index in [2.05, 4.69) is 4.74 Å². The molecule has 0 radical (unpaired) electrons. The Bertz CT molecular complexity index is 477. The molecule has 0 saturated heterocycles. The molecule has 0 bridgehead atoms. The number of carbonyl (C=O) groups is 1. The van der Waals surface area contributed by atoms with Crippen LogP contribution < -0.4 is 0 Å². The summed E-state index contributed by atoms with van der Waals surface area (Å²) in [6.07, 6.45) is -4.61. The van der Waals surface area contributed by atoms with Gasteiger partial charge in [-0.1, -0.05) is 18.2 Å². The first-order valence-electron chi connectivity index (χ1n) is 5.14. The van der Waals surface area contributed by atoms with Crippen molar-refractivity contribution in [2.75, 3.05) is 6.61 Å². The van der Waals surface area contributed by atoms with Gasteiger partial charge in [-0.15, -0.1) is 0 Å². The number of halogens is 3. The summed E-state index contributed by atoms with van der Waals surface area (Å²) in [6.45, 7) is 1.52. The molecule has 1 aromatic rings. The van der Waals surface area contributed by atoms with Crippen LogP contribution >= 0.6 is 0 Å². The molecule has 0 fully saturated rings. The van der Waals surface area contributed by atoms with Crippen LogP contribution in [0.1, 0.15) is 24.0 Å². The summed E-state index contributed by atoms with van der Waals surface area (Å²) in [6, 6.07) is 6.02. The lowest BCUT2D eigenvalue weighted by Gasteiger charge is -2.15. The quantitative estimate of drug-likeness (QED) is 0.782. The van der Waals surface area contributed by atoms with E-state index in [0.29, 0.717) is 0 Å². The average Bonchev–Trinajstić information content (AvgIpc) is 2.29. The van der Waals surface area contributed by atoms with Crippen molar-refractivity contribution in [2.45, 2.75) is 19.0 Å². The molecule has 18 heavy (non-hydrogen) atoms. The summed E-state index contributed by atoms with van der Waals surface area (Å²) in [4.78, 5) is 11.4. The molecule has 0 N–H and O–H groups in total. The number of alkyl halides is 3. The molecule has 0 heterocycles. The molecule has 1 unspecified atom stereocenters. The van der Waals surface area contributed by atoms with Crippen LogP contribution in [-0.2, 0) is 15.7 Å². The maximum Gasteiger partial charge on any atom is 0.416 e. The molecule has 0 aliphatic heterocycles. The molecule has 0 aromatic heterocycles. The minimum Gasteiger partial charge on any atom is -0.465 e. The van der Waals surface area contributed by atoms with E-state index in [1.54, 1.807) is 6.07 Å². The molecule has 0 spiro atoms. The third-order valence-corrected chi connectivity index (χ3v) is 2.23. The van der Waals surface area contributed by atoms with Gasteiger partial charge in [0, 0.05) is 0 Å². The van der Waals surface area contributed by atoms with Crippen molar-refractivity contribution >= 4 is 5.97 Å². The SMILES string of the molecule is CCOC(=O)C(C#N)c1ccccc1C(F)(F)F. The van der Waals surface area contributed by atoms with Gasteiger partial charge in [0.2, 0.25) is 0 Å². The van der Waals surface area contributed by atoms with E-state index in [-0.39, 0.29) is 12.2 Å². The smallest absolute Gasteiger partial charge is 0.416 e. The lowest BCUT2D eigenvalue weighted by atomic mass is 9.95. The normalized spacial score (nSPS) is 12.6. The predicted octanol–water partition coefficient (Wildman–Crippen LogP) is 2.88. The van der Waals surface area contributed by atoms with Gasteiger partial charge in [-0.25, -0.2) is 0 Å². The zero-order valence-electron chi connectivity index (χ0n) is 9.49. The fourth-order valence-electron chi connectivity index (χ4n) is 1.48. The maximum absolute atomic E-state index is 12.7. The van der Waals surface area contributed by atoms with Crippen molar-refractivity contribution in [3.05, 3.63) is 35.4 Å². The summed E-state index contributed by atoms with van der Waals surface area (Å²) in [5, 5.41) is 8.85. The Morgan fingerprint density at radius 1 is 1.44 bits per heavy atom. The van der Waals surface area contributed by atoms with E-state index < -0.39 is 23.6 Å². The number of ether oxygens (including phenoxy) is 1. The summed E-state index contributed by atoms with van der Waals surface area (Å²) >= 11 is 0. The van der Waals surface area contributed by atoms with Crippen LogP contribution in [0.25, 0.3) is 0 Å². The van der Waals surface area contributed by atoms with Crippen LogP contribution in [0, 0.1) is 11.3 Å². The van der Waals surface area contributed by atoms with Crippen LogP contribution in [0.3, 0.4) is 0 Å². The summed E-state index contributed by atoms with van der Waals surface area (Å²) in [5.74, 6) is -2.54. The molecule has 96 valence electrons. The minimum atomic E-state index is -4.61. The topological polar surface area (TPSA) is 50.1 Å². The Kier molecular flexibility index (Phi) is 4.32. The third kappa shape index (κ3) is 3.00. The van der Waals surface area contributed by atoms with Crippen LogP contribution in [-0.4, -0.2) is 12.6 Å². The van der Waals surface area contributed by atoms with Crippen molar-refractivity contribution in [3.63, 3.8) is 0 Å². The summed E-state index contributed by atoms with van der Waals surface area (Å²) in [5.41, 5.74) is -1.38. The molecular weight excluding hydrogens is 247 g/mol. The van der Waals surface area contributed by atoms with Gasteiger partial charge in [-0.3, -0.25) is 4.79 Å².